The fourth-order valence-electron chi connectivity index (χ4n) is 2.27. The standard InChI is InChI=1S/C16H23N3O2.ClH/c1-11(2)15(20)18-12-6-5-7-13(10-12)19-16(21)14-8-3-4-9-17-14;/h5-7,10-11,14,17H,3-4,8-9H2,1-2H3,(H,18,20)(H,19,21);1H/t14-;/m0./s1. The molecule has 1 aliphatic heterocycles. The Balaban J connectivity index is 0.00000242. The fraction of sp³-hybridized carbons (Fsp3) is 0.500. The minimum atomic E-state index is -0.118. The molecule has 0 bridgehead atoms. The fourth-order valence-corrected chi connectivity index (χ4v) is 2.27. The Hall–Kier alpha value is -1.59. The van der Waals surface area contributed by atoms with Crippen LogP contribution >= 0.6 is 12.4 Å². The van der Waals surface area contributed by atoms with Crippen molar-refractivity contribution >= 4 is 35.6 Å². The number of amides is 2. The third-order valence-corrected chi connectivity index (χ3v) is 3.55. The molecule has 122 valence electrons. The SMILES string of the molecule is CC(C)C(=O)Nc1cccc(NC(=O)[C@@H]2CCCCN2)c1.Cl. The smallest absolute Gasteiger partial charge is 0.241 e. The van der Waals surface area contributed by atoms with Crippen LogP contribution in [0, 0.1) is 5.92 Å². The first-order chi connectivity index (χ1) is 10.1. The van der Waals surface area contributed by atoms with Crippen molar-refractivity contribution in [3.05, 3.63) is 24.3 Å². The highest BCUT2D eigenvalue weighted by Crippen LogP contribution is 2.17. The maximum absolute atomic E-state index is 12.1. The van der Waals surface area contributed by atoms with Crippen LogP contribution in [0.3, 0.4) is 0 Å². The lowest BCUT2D eigenvalue weighted by atomic mass is 10.0. The number of carbonyl (C=O) groups is 2. The normalized spacial score (nSPS) is 17.5. The molecular weight excluding hydrogens is 302 g/mol. The second-order valence-electron chi connectivity index (χ2n) is 5.72. The van der Waals surface area contributed by atoms with E-state index in [1.54, 1.807) is 6.07 Å². The molecule has 22 heavy (non-hydrogen) atoms. The topological polar surface area (TPSA) is 70.2 Å². The Morgan fingerprint density at radius 3 is 2.45 bits per heavy atom. The predicted molar refractivity (Wildman–Crippen MR) is 91.4 cm³/mol. The maximum atomic E-state index is 12.1. The third-order valence-electron chi connectivity index (χ3n) is 3.55. The summed E-state index contributed by atoms with van der Waals surface area (Å²) in [6.07, 6.45) is 3.08. The van der Waals surface area contributed by atoms with Crippen LogP contribution in [0.25, 0.3) is 0 Å². The van der Waals surface area contributed by atoms with Gasteiger partial charge in [0.15, 0.2) is 0 Å². The summed E-state index contributed by atoms with van der Waals surface area (Å²) in [5, 5.41) is 8.95. The monoisotopic (exact) mass is 325 g/mol. The minimum Gasteiger partial charge on any atom is -0.326 e. The van der Waals surface area contributed by atoms with E-state index in [4.69, 9.17) is 0 Å². The zero-order valence-electron chi connectivity index (χ0n) is 13.0. The molecule has 0 aliphatic carbocycles. The molecule has 1 saturated heterocycles. The van der Waals surface area contributed by atoms with Crippen LogP contribution in [0.4, 0.5) is 11.4 Å². The van der Waals surface area contributed by atoms with Crippen molar-refractivity contribution in [3.8, 4) is 0 Å². The van der Waals surface area contributed by atoms with Crippen LogP contribution < -0.4 is 16.0 Å². The minimum absolute atomic E-state index is 0. The molecule has 0 unspecified atom stereocenters. The quantitative estimate of drug-likeness (QED) is 0.797. The van der Waals surface area contributed by atoms with E-state index < -0.39 is 0 Å². The van der Waals surface area contributed by atoms with Crippen molar-refractivity contribution in [1.29, 1.82) is 0 Å². The molecule has 0 aromatic heterocycles. The van der Waals surface area contributed by atoms with Gasteiger partial charge in [0.25, 0.3) is 0 Å². The molecule has 0 saturated carbocycles. The summed E-state index contributed by atoms with van der Waals surface area (Å²) in [4.78, 5) is 23.8. The summed E-state index contributed by atoms with van der Waals surface area (Å²) >= 11 is 0. The van der Waals surface area contributed by atoms with Gasteiger partial charge in [0, 0.05) is 17.3 Å². The Morgan fingerprint density at radius 1 is 1.18 bits per heavy atom. The molecule has 5 nitrogen and oxygen atoms in total. The largest absolute Gasteiger partial charge is 0.326 e. The van der Waals surface area contributed by atoms with E-state index in [1.165, 1.54) is 0 Å². The number of benzene rings is 1. The molecule has 1 atom stereocenters. The summed E-state index contributed by atoms with van der Waals surface area (Å²) < 4.78 is 0. The van der Waals surface area contributed by atoms with Gasteiger partial charge in [-0.05, 0) is 37.6 Å². The van der Waals surface area contributed by atoms with Crippen LogP contribution in [-0.2, 0) is 9.59 Å². The van der Waals surface area contributed by atoms with Crippen LogP contribution in [-0.4, -0.2) is 24.4 Å². The van der Waals surface area contributed by atoms with Gasteiger partial charge in [-0.1, -0.05) is 26.3 Å². The Labute approximate surface area is 137 Å². The van der Waals surface area contributed by atoms with Crippen LogP contribution in [0.5, 0.6) is 0 Å². The lowest BCUT2D eigenvalue weighted by Gasteiger charge is -2.22. The molecular formula is C16H24ClN3O2. The molecule has 1 heterocycles. The lowest BCUT2D eigenvalue weighted by molar-refractivity contribution is -0.119. The molecule has 2 rings (SSSR count). The first kappa shape index (κ1) is 18.5. The van der Waals surface area contributed by atoms with Gasteiger partial charge in [0.05, 0.1) is 6.04 Å². The van der Waals surface area contributed by atoms with Crippen molar-refractivity contribution in [3.63, 3.8) is 0 Å². The van der Waals surface area contributed by atoms with E-state index in [0.29, 0.717) is 11.4 Å². The third kappa shape index (κ3) is 5.31. The number of nitrogens with one attached hydrogen (secondary N) is 3. The van der Waals surface area contributed by atoms with E-state index in [9.17, 15) is 9.59 Å². The summed E-state index contributed by atoms with van der Waals surface area (Å²) in [5.74, 6) is -0.121. The molecule has 0 radical (unpaired) electrons. The lowest BCUT2D eigenvalue weighted by Crippen LogP contribution is -2.43. The molecule has 1 aliphatic rings. The highest BCUT2D eigenvalue weighted by Gasteiger charge is 2.20. The van der Waals surface area contributed by atoms with Gasteiger partial charge in [-0.15, -0.1) is 12.4 Å². The number of rotatable bonds is 4. The zero-order chi connectivity index (χ0) is 15.2. The van der Waals surface area contributed by atoms with Gasteiger partial charge in [0.1, 0.15) is 0 Å². The van der Waals surface area contributed by atoms with Gasteiger partial charge < -0.3 is 16.0 Å². The van der Waals surface area contributed by atoms with Crippen molar-refractivity contribution < 1.29 is 9.59 Å². The zero-order valence-corrected chi connectivity index (χ0v) is 13.8. The number of halogens is 1. The number of piperidine rings is 1. The average molecular weight is 326 g/mol. The molecule has 1 aromatic carbocycles. The molecule has 6 heteroatoms. The van der Waals surface area contributed by atoms with Crippen molar-refractivity contribution in [2.45, 2.75) is 39.2 Å². The van der Waals surface area contributed by atoms with Gasteiger partial charge in [-0.2, -0.15) is 0 Å². The van der Waals surface area contributed by atoms with E-state index in [-0.39, 0.29) is 36.2 Å². The summed E-state index contributed by atoms with van der Waals surface area (Å²) in [6, 6.07) is 7.12. The van der Waals surface area contributed by atoms with E-state index in [0.717, 1.165) is 25.8 Å². The Morgan fingerprint density at radius 2 is 1.86 bits per heavy atom. The Kier molecular flexibility index (Phi) is 7.35. The summed E-state index contributed by atoms with van der Waals surface area (Å²) in [6.45, 7) is 4.58. The van der Waals surface area contributed by atoms with Gasteiger partial charge in [0.2, 0.25) is 11.8 Å². The number of hydrogen-bond donors (Lipinski definition) is 3. The second-order valence-corrected chi connectivity index (χ2v) is 5.72. The average Bonchev–Trinajstić information content (AvgIpc) is 2.48. The maximum Gasteiger partial charge on any atom is 0.241 e. The van der Waals surface area contributed by atoms with Crippen molar-refractivity contribution in [2.75, 3.05) is 17.2 Å². The molecule has 1 aromatic rings. The highest BCUT2D eigenvalue weighted by atomic mass is 35.5. The van der Waals surface area contributed by atoms with Crippen LogP contribution in [0.1, 0.15) is 33.1 Å². The summed E-state index contributed by atoms with van der Waals surface area (Å²) in [7, 11) is 0. The van der Waals surface area contributed by atoms with Gasteiger partial charge >= 0.3 is 0 Å². The summed E-state index contributed by atoms with van der Waals surface area (Å²) in [5.41, 5.74) is 1.40. The number of hydrogen-bond acceptors (Lipinski definition) is 3. The molecule has 2 amide bonds. The van der Waals surface area contributed by atoms with E-state index >= 15 is 0 Å². The Bertz CT molecular complexity index is 514. The first-order valence-corrected chi connectivity index (χ1v) is 7.51. The van der Waals surface area contributed by atoms with Crippen LogP contribution in [0.15, 0.2) is 24.3 Å². The predicted octanol–water partition coefficient (Wildman–Crippen LogP) is 2.78. The number of anilines is 2. The molecule has 1 fully saturated rings. The van der Waals surface area contributed by atoms with E-state index in [1.807, 2.05) is 32.0 Å². The second kappa shape index (κ2) is 8.76. The van der Waals surface area contributed by atoms with Gasteiger partial charge in [-0.25, -0.2) is 0 Å². The van der Waals surface area contributed by atoms with E-state index in [2.05, 4.69) is 16.0 Å². The highest BCUT2D eigenvalue weighted by molar-refractivity contribution is 5.96. The van der Waals surface area contributed by atoms with Crippen LogP contribution in [0.2, 0.25) is 0 Å². The van der Waals surface area contributed by atoms with Gasteiger partial charge in [-0.3, -0.25) is 9.59 Å². The number of carbonyl (C=O) groups excluding carboxylic acids is 2. The first-order valence-electron chi connectivity index (χ1n) is 7.51. The van der Waals surface area contributed by atoms with Crippen molar-refractivity contribution in [2.24, 2.45) is 5.92 Å². The van der Waals surface area contributed by atoms with Crippen molar-refractivity contribution in [1.82, 2.24) is 5.32 Å². The molecule has 3 N–H and O–H groups in total. The molecule has 0 spiro atoms.